The van der Waals surface area contributed by atoms with Gasteiger partial charge in [0.1, 0.15) is 17.0 Å². The third kappa shape index (κ3) is 2.97. The van der Waals surface area contributed by atoms with Crippen molar-refractivity contribution < 1.29 is 0 Å². The van der Waals surface area contributed by atoms with Gasteiger partial charge < -0.3 is 4.90 Å². The summed E-state index contributed by atoms with van der Waals surface area (Å²) in [5.74, 6) is 1.34. The van der Waals surface area contributed by atoms with Crippen LogP contribution in [0.2, 0.25) is 0 Å². The van der Waals surface area contributed by atoms with Gasteiger partial charge in [-0.2, -0.15) is 5.10 Å². The number of pyridine rings is 1. The minimum absolute atomic E-state index is 0.0802. The summed E-state index contributed by atoms with van der Waals surface area (Å²) < 4.78 is 1.56. The van der Waals surface area contributed by atoms with Gasteiger partial charge in [0.2, 0.25) is 0 Å². The average Bonchev–Trinajstić information content (AvgIpc) is 3.15. The molecular weight excluding hydrogens is 360 g/mol. The van der Waals surface area contributed by atoms with Gasteiger partial charge in [-0.3, -0.25) is 9.78 Å². The fourth-order valence-corrected chi connectivity index (χ4v) is 4.11. The maximum absolute atomic E-state index is 12.2. The lowest BCUT2D eigenvalue weighted by Crippen LogP contribution is -2.50. The summed E-state index contributed by atoms with van der Waals surface area (Å²) in [5.41, 5.74) is 1.58. The molecule has 0 amide bonds. The lowest BCUT2D eigenvalue weighted by molar-refractivity contribution is 0.334. The zero-order chi connectivity index (χ0) is 18.2. The van der Waals surface area contributed by atoms with E-state index in [1.54, 1.807) is 46.9 Å². The Labute approximate surface area is 159 Å². The molecule has 0 radical (unpaired) electrons. The van der Waals surface area contributed by atoms with Crippen LogP contribution in [0, 0.1) is 5.92 Å². The lowest BCUT2D eigenvalue weighted by atomic mass is 10.00. The van der Waals surface area contributed by atoms with Crippen LogP contribution in [0.25, 0.3) is 21.5 Å². The van der Waals surface area contributed by atoms with Gasteiger partial charge in [-0.1, -0.05) is 0 Å². The molecule has 0 bridgehead atoms. The van der Waals surface area contributed by atoms with Crippen molar-refractivity contribution in [3.8, 4) is 11.3 Å². The highest BCUT2D eigenvalue weighted by Gasteiger charge is 2.30. The third-order valence-corrected chi connectivity index (χ3v) is 5.57. The van der Waals surface area contributed by atoms with Crippen LogP contribution in [0.4, 0.5) is 5.82 Å². The number of nitrogens with zero attached hydrogens (tertiary/aromatic N) is 6. The molecule has 1 saturated heterocycles. The van der Waals surface area contributed by atoms with Gasteiger partial charge in [0.15, 0.2) is 0 Å². The standard InChI is InChI=1S/C19H16N6OS/c26-17-4-3-16(14-2-1-6-20-8-14)23-25(17)11-13-9-24(10-13)18-15-5-7-27-19(15)22-12-21-18/h1-8,12-13H,9-11H2. The van der Waals surface area contributed by atoms with Gasteiger partial charge in [0.05, 0.1) is 17.6 Å². The summed E-state index contributed by atoms with van der Waals surface area (Å²) in [6, 6.07) is 9.19. The molecule has 0 N–H and O–H groups in total. The Kier molecular flexibility index (Phi) is 3.90. The van der Waals surface area contributed by atoms with Gasteiger partial charge in [-0.05, 0) is 29.6 Å². The fourth-order valence-electron chi connectivity index (χ4n) is 3.38. The van der Waals surface area contributed by atoms with Crippen molar-refractivity contribution in [2.75, 3.05) is 18.0 Å². The van der Waals surface area contributed by atoms with E-state index < -0.39 is 0 Å². The number of fused-ring (bicyclic) bond motifs is 1. The first kappa shape index (κ1) is 16.1. The molecule has 4 aromatic heterocycles. The van der Waals surface area contributed by atoms with E-state index in [1.165, 1.54) is 0 Å². The molecule has 0 unspecified atom stereocenters. The second-order valence-electron chi connectivity index (χ2n) is 6.59. The van der Waals surface area contributed by atoms with E-state index >= 15 is 0 Å². The van der Waals surface area contributed by atoms with E-state index in [9.17, 15) is 4.79 Å². The molecule has 4 aromatic rings. The Hall–Kier alpha value is -3.13. The summed E-state index contributed by atoms with van der Waals surface area (Å²) in [5, 5.41) is 7.65. The second kappa shape index (κ2) is 6.55. The van der Waals surface area contributed by atoms with Crippen LogP contribution in [-0.4, -0.2) is 37.8 Å². The van der Waals surface area contributed by atoms with Crippen molar-refractivity contribution in [1.29, 1.82) is 0 Å². The molecule has 0 aliphatic carbocycles. The first-order valence-corrected chi connectivity index (χ1v) is 9.57. The minimum atomic E-state index is -0.0802. The van der Waals surface area contributed by atoms with Crippen molar-refractivity contribution >= 4 is 27.4 Å². The molecule has 5 heterocycles. The number of hydrogen-bond acceptors (Lipinski definition) is 7. The molecule has 1 fully saturated rings. The van der Waals surface area contributed by atoms with Gasteiger partial charge in [0.25, 0.3) is 5.56 Å². The zero-order valence-electron chi connectivity index (χ0n) is 14.4. The number of thiophene rings is 1. The van der Waals surface area contributed by atoms with Crippen molar-refractivity contribution in [2.45, 2.75) is 6.54 Å². The molecule has 1 aliphatic rings. The second-order valence-corrected chi connectivity index (χ2v) is 7.48. The molecule has 0 spiro atoms. The van der Waals surface area contributed by atoms with Crippen LogP contribution in [0.3, 0.4) is 0 Å². The zero-order valence-corrected chi connectivity index (χ0v) is 15.2. The van der Waals surface area contributed by atoms with Crippen LogP contribution in [0.15, 0.2) is 59.2 Å². The molecule has 8 heteroatoms. The molecule has 0 atom stereocenters. The Morgan fingerprint density at radius 2 is 2.07 bits per heavy atom. The van der Waals surface area contributed by atoms with Crippen LogP contribution < -0.4 is 10.5 Å². The Morgan fingerprint density at radius 3 is 2.93 bits per heavy atom. The molecule has 1 aliphatic heterocycles. The molecule has 134 valence electrons. The van der Waals surface area contributed by atoms with Gasteiger partial charge in [0, 0.05) is 43.0 Å². The Morgan fingerprint density at radius 1 is 1.15 bits per heavy atom. The van der Waals surface area contributed by atoms with E-state index in [4.69, 9.17) is 0 Å². The quantitative estimate of drug-likeness (QED) is 0.544. The molecule has 0 saturated carbocycles. The van der Waals surface area contributed by atoms with Crippen molar-refractivity contribution in [1.82, 2.24) is 24.7 Å². The molecule has 7 nitrogen and oxygen atoms in total. The third-order valence-electron chi connectivity index (χ3n) is 4.75. The Bertz CT molecular complexity index is 1150. The highest BCUT2D eigenvalue weighted by Crippen LogP contribution is 2.31. The minimum Gasteiger partial charge on any atom is -0.355 e. The van der Waals surface area contributed by atoms with Crippen molar-refractivity contribution in [3.63, 3.8) is 0 Å². The maximum Gasteiger partial charge on any atom is 0.266 e. The van der Waals surface area contributed by atoms with Crippen LogP contribution in [-0.2, 0) is 6.54 Å². The average molecular weight is 376 g/mol. The SMILES string of the molecule is O=c1ccc(-c2cccnc2)nn1CC1CN(c2ncnc3sccc23)C1. The maximum atomic E-state index is 12.2. The number of hydrogen-bond donors (Lipinski definition) is 0. The van der Waals surface area contributed by atoms with Gasteiger partial charge in [-0.15, -0.1) is 11.3 Å². The molecule has 27 heavy (non-hydrogen) atoms. The van der Waals surface area contributed by atoms with Gasteiger partial charge in [-0.25, -0.2) is 14.6 Å². The summed E-state index contributed by atoms with van der Waals surface area (Å²) in [4.78, 5) is 28.3. The number of aromatic nitrogens is 5. The summed E-state index contributed by atoms with van der Waals surface area (Å²) in [6.07, 6.45) is 5.09. The van der Waals surface area contributed by atoms with Crippen LogP contribution in [0.5, 0.6) is 0 Å². The fraction of sp³-hybridized carbons (Fsp3) is 0.211. The van der Waals surface area contributed by atoms with E-state index in [1.807, 2.05) is 17.5 Å². The smallest absolute Gasteiger partial charge is 0.266 e. The predicted octanol–water partition coefficient (Wildman–Crippen LogP) is 2.45. The Balaban J connectivity index is 1.33. The first-order chi connectivity index (χ1) is 13.3. The van der Waals surface area contributed by atoms with E-state index in [-0.39, 0.29) is 5.56 Å². The van der Waals surface area contributed by atoms with E-state index in [0.717, 1.165) is 40.4 Å². The van der Waals surface area contributed by atoms with Crippen LogP contribution in [0.1, 0.15) is 0 Å². The highest BCUT2D eigenvalue weighted by molar-refractivity contribution is 7.16. The van der Waals surface area contributed by atoms with Crippen LogP contribution >= 0.6 is 11.3 Å². The largest absolute Gasteiger partial charge is 0.355 e. The normalized spacial score (nSPS) is 14.4. The van der Waals surface area contributed by atoms with E-state index in [0.29, 0.717) is 12.5 Å². The highest BCUT2D eigenvalue weighted by atomic mass is 32.1. The molecule has 5 rings (SSSR count). The lowest BCUT2D eigenvalue weighted by Gasteiger charge is -2.40. The van der Waals surface area contributed by atoms with Gasteiger partial charge >= 0.3 is 0 Å². The molecule has 0 aromatic carbocycles. The van der Waals surface area contributed by atoms with Crippen molar-refractivity contribution in [2.24, 2.45) is 5.92 Å². The molecular formula is C19H16N6OS. The monoisotopic (exact) mass is 376 g/mol. The number of anilines is 1. The summed E-state index contributed by atoms with van der Waals surface area (Å²) in [7, 11) is 0. The van der Waals surface area contributed by atoms with E-state index in [2.05, 4.69) is 31.0 Å². The topological polar surface area (TPSA) is 76.8 Å². The summed E-state index contributed by atoms with van der Waals surface area (Å²) in [6.45, 7) is 2.31. The summed E-state index contributed by atoms with van der Waals surface area (Å²) >= 11 is 1.62. The predicted molar refractivity (Wildman–Crippen MR) is 105 cm³/mol. The number of rotatable bonds is 4. The first-order valence-electron chi connectivity index (χ1n) is 8.69. The van der Waals surface area contributed by atoms with Crippen molar-refractivity contribution in [3.05, 3.63) is 64.8 Å².